The van der Waals surface area contributed by atoms with Gasteiger partial charge in [0.15, 0.2) is 0 Å². The Balaban J connectivity index is 1.76. The number of primary amides is 1. The van der Waals surface area contributed by atoms with E-state index in [4.69, 9.17) is 5.73 Å². The molecule has 4 atom stereocenters. The predicted molar refractivity (Wildman–Crippen MR) is 103 cm³/mol. The predicted octanol–water partition coefficient (Wildman–Crippen LogP) is 1.30. The van der Waals surface area contributed by atoms with Crippen LogP contribution in [0.4, 0.5) is 5.82 Å². The van der Waals surface area contributed by atoms with Crippen LogP contribution >= 0.6 is 0 Å². The van der Waals surface area contributed by atoms with E-state index in [9.17, 15) is 19.5 Å². The minimum Gasteiger partial charge on any atom is -0.393 e. The van der Waals surface area contributed by atoms with Gasteiger partial charge in [-0.2, -0.15) is 0 Å². The molecule has 0 radical (unpaired) electrons. The molecule has 1 aromatic heterocycles. The summed E-state index contributed by atoms with van der Waals surface area (Å²) in [6, 6.07) is 2.93. The van der Waals surface area contributed by atoms with Crippen LogP contribution in [0.3, 0.4) is 0 Å². The molecule has 1 saturated carbocycles. The number of hydrogen-bond acceptors (Lipinski definition) is 5. The first-order valence-electron chi connectivity index (χ1n) is 9.91. The van der Waals surface area contributed by atoms with E-state index in [1.165, 1.54) is 18.3 Å². The number of nitrogens with zero attached hydrogens (tertiary/aromatic N) is 2. The van der Waals surface area contributed by atoms with Gasteiger partial charge < -0.3 is 21.1 Å². The Labute approximate surface area is 164 Å². The van der Waals surface area contributed by atoms with E-state index in [0.717, 1.165) is 32.1 Å². The van der Waals surface area contributed by atoms with Crippen molar-refractivity contribution < 1.29 is 19.5 Å². The number of nitrogens with two attached hydrogens (primary N) is 1. The molecule has 0 spiro atoms. The third-order valence-electron chi connectivity index (χ3n) is 5.86. The van der Waals surface area contributed by atoms with E-state index < -0.39 is 17.7 Å². The summed E-state index contributed by atoms with van der Waals surface area (Å²) in [7, 11) is 0. The highest BCUT2D eigenvalue weighted by Gasteiger charge is 2.39. The zero-order valence-corrected chi connectivity index (χ0v) is 16.1. The SMILES string of the molecule is C[C@@H]1CC[C@@H]([C@H]2CCC[C@H](O)C2)N(C(=O)C(=O)Nc2ncccc2C(N)=O)C1. The molecule has 0 aromatic carbocycles. The lowest BCUT2D eigenvalue weighted by atomic mass is 9.77. The highest BCUT2D eigenvalue weighted by molar-refractivity contribution is 6.39. The van der Waals surface area contributed by atoms with Crippen molar-refractivity contribution in [2.24, 2.45) is 17.6 Å². The lowest BCUT2D eigenvalue weighted by Gasteiger charge is -2.44. The number of aromatic nitrogens is 1. The van der Waals surface area contributed by atoms with Crippen LogP contribution in [0.1, 0.15) is 55.8 Å². The second-order valence-corrected chi connectivity index (χ2v) is 8.01. The fourth-order valence-electron chi connectivity index (χ4n) is 4.44. The number of pyridine rings is 1. The van der Waals surface area contributed by atoms with Crippen molar-refractivity contribution in [1.29, 1.82) is 0 Å². The number of nitrogens with one attached hydrogen (secondary N) is 1. The number of piperidine rings is 1. The number of anilines is 1. The number of amides is 3. The molecule has 8 heteroatoms. The van der Waals surface area contributed by atoms with Crippen molar-refractivity contribution in [3.05, 3.63) is 23.9 Å². The second kappa shape index (κ2) is 8.68. The summed E-state index contributed by atoms with van der Waals surface area (Å²) < 4.78 is 0. The molecule has 3 amide bonds. The number of carbonyl (C=O) groups excluding carboxylic acids is 3. The second-order valence-electron chi connectivity index (χ2n) is 8.01. The molecule has 1 aliphatic carbocycles. The summed E-state index contributed by atoms with van der Waals surface area (Å²) >= 11 is 0. The lowest BCUT2D eigenvalue weighted by molar-refractivity contribution is -0.148. The fourth-order valence-corrected chi connectivity index (χ4v) is 4.44. The molecule has 1 saturated heterocycles. The van der Waals surface area contributed by atoms with Crippen LogP contribution in [0, 0.1) is 11.8 Å². The molecule has 3 rings (SSSR count). The van der Waals surface area contributed by atoms with Gasteiger partial charge in [0, 0.05) is 18.8 Å². The lowest BCUT2D eigenvalue weighted by Crippen LogP contribution is -2.54. The summed E-state index contributed by atoms with van der Waals surface area (Å²) in [5.74, 6) is -1.68. The zero-order chi connectivity index (χ0) is 20.3. The summed E-state index contributed by atoms with van der Waals surface area (Å²) in [4.78, 5) is 42.7. The van der Waals surface area contributed by atoms with Gasteiger partial charge in [0.1, 0.15) is 5.82 Å². The van der Waals surface area contributed by atoms with E-state index >= 15 is 0 Å². The summed E-state index contributed by atoms with van der Waals surface area (Å²) in [5, 5.41) is 12.5. The van der Waals surface area contributed by atoms with Crippen LogP contribution in [-0.4, -0.2) is 51.4 Å². The first-order chi connectivity index (χ1) is 13.4. The number of carbonyl (C=O) groups is 3. The molecule has 2 heterocycles. The maximum Gasteiger partial charge on any atom is 0.315 e. The summed E-state index contributed by atoms with van der Waals surface area (Å²) in [6.45, 7) is 2.57. The van der Waals surface area contributed by atoms with Gasteiger partial charge in [0.05, 0.1) is 11.7 Å². The third kappa shape index (κ3) is 4.49. The van der Waals surface area contributed by atoms with Crippen LogP contribution in [0.2, 0.25) is 0 Å². The smallest absolute Gasteiger partial charge is 0.315 e. The number of rotatable bonds is 3. The molecule has 8 nitrogen and oxygen atoms in total. The van der Waals surface area contributed by atoms with Gasteiger partial charge in [-0.15, -0.1) is 0 Å². The van der Waals surface area contributed by atoms with Gasteiger partial charge >= 0.3 is 11.8 Å². The van der Waals surface area contributed by atoms with E-state index in [1.807, 2.05) is 0 Å². The van der Waals surface area contributed by atoms with Gasteiger partial charge in [-0.25, -0.2) is 4.98 Å². The maximum absolute atomic E-state index is 13.0. The Morgan fingerprint density at radius 2 is 2.04 bits per heavy atom. The van der Waals surface area contributed by atoms with Gasteiger partial charge in [-0.3, -0.25) is 14.4 Å². The molecular formula is C20H28N4O4. The summed E-state index contributed by atoms with van der Waals surface area (Å²) in [5.41, 5.74) is 5.37. The molecule has 4 N–H and O–H groups in total. The van der Waals surface area contributed by atoms with Crippen molar-refractivity contribution in [3.8, 4) is 0 Å². The van der Waals surface area contributed by atoms with E-state index in [1.54, 1.807) is 4.90 Å². The summed E-state index contributed by atoms with van der Waals surface area (Å²) in [6.07, 6.45) is 6.25. The standard InChI is InChI=1S/C20H28N4O4/c1-12-7-8-16(13-4-2-5-14(25)10-13)24(11-12)20(28)19(27)23-18-15(17(21)26)6-3-9-22-18/h3,6,9,12-14,16,25H,2,4-5,7-8,10-11H2,1H3,(H2,21,26)(H,22,23,27)/t12-,13+,14+,16+/m1/s1. The molecule has 2 aliphatic rings. The number of hydrogen-bond donors (Lipinski definition) is 3. The van der Waals surface area contributed by atoms with Crippen LogP contribution < -0.4 is 11.1 Å². The Morgan fingerprint density at radius 3 is 2.75 bits per heavy atom. The molecule has 1 aliphatic heterocycles. The Morgan fingerprint density at radius 1 is 1.25 bits per heavy atom. The molecule has 2 fully saturated rings. The minimum absolute atomic E-state index is 0.0111. The van der Waals surface area contributed by atoms with Crippen LogP contribution in [0.25, 0.3) is 0 Å². The number of aliphatic hydroxyl groups excluding tert-OH is 1. The molecular weight excluding hydrogens is 360 g/mol. The van der Waals surface area contributed by atoms with Crippen molar-refractivity contribution in [2.75, 3.05) is 11.9 Å². The van der Waals surface area contributed by atoms with Crippen molar-refractivity contribution >= 4 is 23.5 Å². The third-order valence-corrected chi connectivity index (χ3v) is 5.86. The zero-order valence-electron chi connectivity index (χ0n) is 16.1. The van der Waals surface area contributed by atoms with Gasteiger partial charge in [0.2, 0.25) is 0 Å². The van der Waals surface area contributed by atoms with Gasteiger partial charge in [-0.1, -0.05) is 13.3 Å². The fraction of sp³-hybridized carbons (Fsp3) is 0.600. The Bertz CT molecular complexity index is 753. The van der Waals surface area contributed by atoms with Gasteiger partial charge in [-0.05, 0) is 56.1 Å². The van der Waals surface area contributed by atoms with E-state index in [2.05, 4.69) is 17.2 Å². The van der Waals surface area contributed by atoms with Crippen molar-refractivity contribution in [2.45, 2.75) is 57.6 Å². The van der Waals surface area contributed by atoms with Crippen molar-refractivity contribution in [1.82, 2.24) is 9.88 Å². The molecule has 0 unspecified atom stereocenters. The highest BCUT2D eigenvalue weighted by atomic mass is 16.3. The molecule has 1 aromatic rings. The minimum atomic E-state index is -0.823. The van der Waals surface area contributed by atoms with Crippen LogP contribution in [0.5, 0.6) is 0 Å². The monoisotopic (exact) mass is 388 g/mol. The largest absolute Gasteiger partial charge is 0.393 e. The maximum atomic E-state index is 13.0. The number of aliphatic hydroxyl groups is 1. The van der Waals surface area contributed by atoms with E-state index in [-0.39, 0.29) is 29.4 Å². The van der Waals surface area contributed by atoms with Crippen LogP contribution in [-0.2, 0) is 9.59 Å². The topological polar surface area (TPSA) is 126 Å². The van der Waals surface area contributed by atoms with Crippen molar-refractivity contribution in [3.63, 3.8) is 0 Å². The first kappa shape index (κ1) is 20.3. The number of likely N-dealkylation sites (tertiary alicyclic amines) is 1. The van der Waals surface area contributed by atoms with Gasteiger partial charge in [0.25, 0.3) is 5.91 Å². The average molecular weight is 388 g/mol. The average Bonchev–Trinajstić information content (AvgIpc) is 2.67. The quantitative estimate of drug-likeness (QED) is 0.673. The molecule has 0 bridgehead atoms. The molecule has 152 valence electrons. The van der Waals surface area contributed by atoms with Crippen LogP contribution in [0.15, 0.2) is 18.3 Å². The first-order valence-corrected chi connectivity index (χ1v) is 9.91. The normalized spacial score (nSPS) is 27.9. The van der Waals surface area contributed by atoms with E-state index in [0.29, 0.717) is 18.9 Å². The Kier molecular flexibility index (Phi) is 6.28. The molecule has 28 heavy (non-hydrogen) atoms. The highest BCUT2D eigenvalue weighted by Crippen LogP contribution is 2.35. The Hall–Kier alpha value is -2.48.